The van der Waals surface area contributed by atoms with Gasteiger partial charge in [0.05, 0.1) is 35.5 Å². The van der Waals surface area contributed by atoms with E-state index in [2.05, 4.69) is 9.93 Å². The van der Waals surface area contributed by atoms with Gasteiger partial charge in [-0.05, 0) is 69.7 Å². The minimum absolute atomic E-state index is 0.00250. The average Bonchev–Trinajstić information content (AvgIpc) is 2.64. The Hall–Kier alpha value is -2.45. The van der Waals surface area contributed by atoms with Crippen molar-refractivity contribution in [3.8, 4) is 17.2 Å². The van der Waals surface area contributed by atoms with Gasteiger partial charge in [0.2, 0.25) is 0 Å². The van der Waals surface area contributed by atoms with Crippen LogP contribution >= 0.6 is 11.6 Å². The van der Waals surface area contributed by atoms with E-state index in [9.17, 15) is 8.42 Å². The smallest absolute Gasteiger partial charge is 0.276 e. The largest absolute Gasteiger partial charge is 0.491 e. The molecule has 0 amide bonds. The molecule has 2 aromatic carbocycles. The van der Waals surface area contributed by atoms with E-state index in [4.69, 9.17) is 25.8 Å². The number of benzene rings is 2. The van der Waals surface area contributed by atoms with Gasteiger partial charge < -0.3 is 14.2 Å². The van der Waals surface area contributed by atoms with Crippen LogP contribution in [-0.4, -0.2) is 34.0 Å². The number of halogens is 1. The monoisotopic (exact) mass is 440 g/mol. The zero-order valence-electron chi connectivity index (χ0n) is 16.8. The number of ether oxygens (including phenoxy) is 3. The molecule has 0 radical (unpaired) electrons. The Balaban J connectivity index is 2.15. The number of nitrogens with zero attached hydrogens (tertiary/aromatic N) is 1. The van der Waals surface area contributed by atoms with Gasteiger partial charge in [0.25, 0.3) is 10.0 Å². The molecule has 0 aliphatic heterocycles. The van der Waals surface area contributed by atoms with Crippen molar-refractivity contribution in [2.45, 2.75) is 38.7 Å². The van der Waals surface area contributed by atoms with E-state index in [0.29, 0.717) is 41.0 Å². The van der Waals surface area contributed by atoms with Crippen LogP contribution in [0, 0.1) is 0 Å². The lowest BCUT2D eigenvalue weighted by Crippen LogP contribution is -2.18. The highest BCUT2D eigenvalue weighted by atomic mass is 35.5. The molecular weight excluding hydrogens is 416 g/mol. The summed E-state index contributed by atoms with van der Waals surface area (Å²) in [6.45, 7) is 8.35. The molecule has 1 N–H and O–H groups in total. The van der Waals surface area contributed by atoms with E-state index < -0.39 is 10.0 Å². The molecule has 9 heteroatoms. The molecule has 0 atom stereocenters. The third-order valence-corrected chi connectivity index (χ3v) is 5.03. The third kappa shape index (κ3) is 6.54. The second-order valence-electron chi connectivity index (χ2n) is 6.19. The fourth-order valence-corrected chi connectivity index (χ4v) is 3.47. The predicted molar refractivity (Wildman–Crippen MR) is 114 cm³/mol. The maximum atomic E-state index is 12.4. The van der Waals surface area contributed by atoms with Crippen molar-refractivity contribution < 1.29 is 22.6 Å². The summed E-state index contributed by atoms with van der Waals surface area (Å²) in [6.07, 6.45) is 1.35. The third-order valence-electron chi connectivity index (χ3n) is 3.51. The first-order valence-corrected chi connectivity index (χ1v) is 11.0. The van der Waals surface area contributed by atoms with Crippen molar-refractivity contribution in [3.05, 3.63) is 47.0 Å². The molecule has 0 unspecified atom stereocenters. The van der Waals surface area contributed by atoms with Gasteiger partial charge in [-0.25, -0.2) is 4.83 Å². The van der Waals surface area contributed by atoms with E-state index in [1.165, 1.54) is 18.3 Å². The predicted octanol–water partition coefficient (Wildman–Crippen LogP) is 4.24. The van der Waals surface area contributed by atoms with Crippen molar-refractivity contribution in [2.75, 3.05) is 13.2 Å². The molecule has 7 nitrogen and oxygen atoms in total. The molecule has 0 aliphatic carbocycles. The average molecular weight is 441 g/mol. The van der Waals surface area contributed by atoms with Gasteiger partial charge >= 0.3 is 0 Å². The van der Waals surface area contributed by atoms with Gasteiger partial charge in [-0.3, -0.25) is 0 Å². The van der Waals surface area contributed by atoms with Crippen molar-refractivity contribution in [1.29, 1.82) is 0 Å². The Labute approximate surface area is 176 Å². The summed E-state index contributed by atoms with van der Waals surface area (Å²) in [6, 6.07) is 9.39. The van der Waals surface area contributed by atoms with Gasteiger partial charge in [0, 0.05) is 0 Å². The maximum absolute atomic E-state index is 12.4. The molecule has 29 heavy (non-hydrogen) atoms. The molecule has 2 rings (SSSR count). The summed E-state index contributed by atoms with van der Waals surface area (Å²) in [5, 5.41) is 4.18. The fraction of sp³-hybridized carbons (Fsp3) is 0.350. The van der Waals surface area contributed by atoms with Crippen molar-refractivity contribution in [3.63, 3.8) is 0 Å². The first-order valence-electron chi connectivity index (χ1n) is 9.17. The molecule has 0 spiro atoms. The summed E-state index contributed by atoms with van der Waals surface area (Å²) >= 11 is 6.25. The van der Waals surface area contributed by atoms with E-state index in [0.717, 1.165) is 0 Å². The molecule has 0 bridgehead atoms. The molecule has 0 heterocycles. The Morgan fingerprint density at radius 1 is 1.10 bits per heavy atom. The van der Waals surface area contributed by atoms with Crippen LogP contribution in [0.1, 0.15) is 33.3 Å². The molecule has 0 aliphatic rings. The number of hydrazone groups is 1. The molecule has 158 valence electrons. The summed E-state index contributed by atoms with van der Waals surface area (Å²) in [5.74, 6) is 1.50. The molecule has 0 fully saturated rings. The zero-order chi connectivity index (χ0) is 21.4. The minimum atomic E-state index is -3.82. The Morgan fingerprint density at radius 3 is 2.34 bits per heavy atom. The van der Waals surface area contributed by atoms with Crippen LogP contribution in [0.25, 0.3) is 0 Å². The SMILES string of the molecule is CCOc1cc(/C=N/NS(=O)(=O)c2ccc(OC(C)C)cc2)cc(Cl)c1OCC. The Bertz CT molecular complexity index is 944. The van der Waals surface area contributed by atoms with Crippen LogP contribution in [-0.2, 0) is 10.0 Å². The van der Waals surface area contributed by atoms with Crippen LogP contribution in [0.15, 0.2) is 46.4 Å². The van der Waals surface area contributed by atoms with Crippen LogP contribution in [0.4, 0.5) is 0 Å². The lowest BCUT2D eigenvalue weighted by atomic mass is 10.2. The van der Waals surface area contributed by atoms with E-state index >= 15 is 0 Å². The normalized spacial score (nSPS) is 11.7. The first kappa shape index (κ1) is 22.8. The number of hydrogen-bond acceptors (Lipinski definition) is 6. The number of rotatable bonds is 10. The highest BCUT2D eigenvalue weighted by Gasteiger charge is 2.14. The van der Waals surface area contributed by atoms with Crippen molar-refractivity contribution in [1.82, 2.24) is 4.83 Å². The fourth-order valence-electron chi connectivity index (χ4n) is 2.40. The molecule has 0 saturated carbocycles. The van der Waals surface area contributed by atoms with Crippen molar-refractivity contribution >= 4 is 27.8 Å². The summed E-state index contributed by atoms with van der Waals surface area (Å²) in [4.78, 5) is 2.25. The highest BCUT2D eigenvalue weighted by Crippen LogP contribution is 2.36. The van der Waals surface area contributed by atoms with Gasteiger partial charge in [-0.1, -0.05) is 11.6 Å². The van der Waals surface area contributed by atoms with Gasteiger partial charge in [-0.15, -0.1) is 0 Å². The molecule has 0 aromatic heterocycles. The molecule has 0 saturated heterocycles. The van der Waals surface area contributed by atoms with Gasteiger partial charge in [-0.2, -0.15) is 13.5 Å². The van der Waals surface area contributed by atoms with Crippen LogP contribution in [0.3, 0.4) is 0 Å². The summed E-state index contributed by atoms with van der Waals surface area (Å²) < 4.78 is 41.3. The number of hydrogen-bond donors (Lipinski definition) is 1. The number of sulfonamides is 1. The lowest BCUT2D eigenvalue weighted by molar-refractivity contribution is 0.242. The quantitative estimate of drug-likeness (QED) is 0.441. The van der Waals surface area contributed by atoms with Gasteiger partial charge in [0.1, 0.15) is 5.75 Å². The lowest BCUT2D eigenvalue weighted by Gasteiger charge is -2.13. The second-order valence-corrected chi connectivity index (χ2v) is 8.25. The van der Waals surface area contributed by atoms with E-state index in [1.54, 1.807) is 24.3 Å². The Morgan fingerprint density at radius 2 is 1.76 bits per heavy atom. The van der Waals surface area contributed by atoms with Crippen LogP contribution < -0.4 is 19.0 Å². The summed E-state index contributed by atoms with van der Waals surface area (Å²) in [7, 11) is -3.82. The van der Waals surface area contributed by atoms with Crippen LogP contribution in [0.5, 0.6) is 17.2 Å². The first-order chi connectivity index (χ1) is 13.8. The van der Waals surface area contributed by atoms with E-state index in [1.807, 2.05) is 27.7 Å². The van der Waals surface area contributed by atoms with Crippen LogP contribution in [0.2, 0.25) is 5.02 Å². The molecule has 2 aromatic rings. The highest BCUT2D eigenvalue weighted by molar-refractivity contribution is 7.89. The summed E-state index contributed by atoms with van der Waals surface area (Å²) in [5.41, 5.74) is 0.560. The second kappa shape index (κ2) is 10.4. The maximum Gasteiger partial charge on any atom is 0.276 e. The van der Waals surface area contributed by atoms with E-state index in [-0.39, 0.29) is 11.0 Å². The molecular formula is C20H25ClN2O5S. The zero-order valence-corrected chi connectivity index (χ0v) is 18.4. The standard InChI is InChI=1S/C20H25ClN2O5S/c1-5-26-19-12-15(11-18(21)20(19)27-6-2)13-22-23-29(24,25)17-9-7-16(8-10-17)28-14(3)4/h7-14,23H,5-6H2,1-4H3/b22-13+. The topological polar surface area (TPSA) is 86.2 Å². The van der Waals surface area contributed by atoms with Gasteiger partial charge in [0.15, 0.2) is 11.5 Å². The number of nitrogens with one attached hydrogen (secondary N) is 1. The van der Waals surface area contributed by atoms with Crippen molar-refractivity contribution in [2.24, 2.45) is 5.10 Å². The minimum Gasteiger partial charge on any atom is -0.491 e. The Kier molecular flexibility index (Phi) is 8.16.